The monoisotopic (exact) mass is 913 g/mol. The fourth-order valence-corrected chi connectivity index (χ4v) is 8.23. The van der Waals surface area contributed by atoms with Gasteiger partial charge in [0.15, 0.2) is 0 Å². The Morgan fingerprint density at radius 1 is 0.606 bits per heavy atom. The predicted octanol–water partition coefficient (Wildman–Crippen LogP) is 10.7. The van der Waals surface area contributed by atoms with Gasteiger partial charge in [-0.05, 0) is 152 Å². The minimum atomic E-state index is -0.731. The molecular weight excluding hydrogens is 825 g/mol. The molecule has 0 radical (unpaired) electrons. The van der Waals surface area contributed by atoms with E-state index < -0.39 is 6.04 Å². The van der Waals surface area contributed by atoms with Gasteiger partial charge in [0.1, 0.15) is 6.04 Å². The second kappa shape index (κ2) is 32.4. The first-order chi connectivity index (χ1) is 31.4. The quantitative estimate of drug-likeness (QED) is 0.0319. The van der Waals surface area contributed by atoms with Gasteiger partial charge in [-0.15, -0.1) is 0 Å². The molecule has 0 aromatic heterocycles. The highest BCUT2D eigenvalue weighted by molar-refractivity contribution is 5.93. The summed E-state index contributed by atoms with van der Waals surface area (Å²) in [6, 6.07) is -0.731. The fraction of sp³-hybridized carbons (Fsp3) is 0.589. The summed E-state index contributed by atoms with van der Waals surface area (Å²) >= 11 is 0. The molecule has 0 aromatic rings. The second-order valence-corrected chi connectivity index (χ2v) is 19.3. The number of allylic oxidation sites excluding steroid dienone is 18. The van der Waals surface area contributed by atoms with Crippen LogP contribution in [-0.4, -0.2) is 83.0 Å². The SMILES string of the molecule is CC1=C(/C=C/C(C)=C/C=C/C(C)=C/C(=O)NCCCC[C@H](NC(=O)/C=C(C)/C=C/C=C(C)/C=C/C2=C(C)CCCC2(C)C)C(=O)NCCCOCCOCCOCCCN)C(C)(C)CCC1. The molecule has 0 bridgehead atoms. The molecule has 0 saturated heterocycles. The van der Waals surface area contributed by atoms with E-state index in [2.05, 4.69) is 102 Å². The average molecular weight is 913 g/mol. The summed E-state index contributed by atoms with van der Waals surface area (Å²) in [5.41, 5.74) is 15.5. The maximum atomic E-state index is 13.4. The van der Waals surface area contributed by atoms with Crippen LogP contribution in [0.5, 0.6) is 0 Å². The molecule has 1 atom stereocenters. The molecule has 2 aliphatic carbocycles. The molecule has 0 unspecified atom stereocenters. The Hall–Kier alpha value is -4.35. The van der Waals surface area contributed by atoms with Crippen molar-refractivity contribution < 1.29 is 28.6 Å². The maximum Gasteiger partial charge on any atom is 0.244 e. The van der Waals surface area contributed by atoms with Gasteiger partial charge >= 0.3 is 0 Å². The van der Waals surface area contributed by atoms with Crippen molar-refractivity contribution in [2.45, 2.75) is 146 Å². The molecule has 10 nitrogen and oxygen atoms in total. The number of unbranched alkanes of at least 4 members (excludes halogenated alkanes) is 1. The van der Waals surface area contributed by atoms with Crippen molar-refractivity contribution in [3.8, 4) is 0 Å². The van der Waals surface area contributed by atoms with Crippen LogP contribution >= 0.6 is 0 Å². The first-order valence-corrected chi connectivity index (χ1v) is 24.6. The van der Waals surface area contributed by atoms with Crippen molar-refractivity contribution in [2.75, 3.05) is 59.3 Å². The number of carbonyl (C=O) groups excluding carboxylic acids is 3. The maximum absolute atomic E-state index is 13.4. The molecule has 5 N–H and O–H groups in total. The lowest BCUT2D eigenvalue weighted by atomic mass is 9.72. The zero-order valence-corrected chi connectivity index (χ0v) is 42.7. The van der Waals surface area contributed by atoms with Crippen LogP contribution in [0.25, 0.3) is 0 Å². The standard InChI is InChI=1S/C56H88N4O6/c1-43(26-28-49-47(5)23-15-30-55(49,7)8)19-13-21-45(3)41-52(61)58-33-12-11-25-51(54(63)59-34-18-36-65-38-40-66-39-37-64-35-17-32-57)60-53(62)42-46(4)22-14-20-44(2)27-29-50-48(6)24-16-31-56(50,9)10/h13-14,19-22,26-29,41-42,51H,11-12,15-18,23-25,30-40,57H2,1-10H3,(H,58,61)(H,59,63)(H,60,62)/b21-13+,22-14+,28-26+,29-27+,43-19+,44-20+,45-41+,46-42+/t51-/m0/s1. The molecular formula is C56H88N4O6. The van der Waals surface area contributed by atoms with Crippen LogP contribution in [0, 0.1) is 10.8 Å². The van der Waals surface area contributed by atoms with Gasteiger partial charge < -0.3 is 35.9 Å². The average Bonchev–Trinajstić information content (AvgIpc) is 3.23. The second-order valence-electron chi connectivity index (χ2n) is 19.3. The summed E-state index contributed by atoms with van der Waals surface area (Å²) in [6.07, 6.45) is 34.2. The van der Waals surface area contributed by atoms with Gasteiger partial charge in [0, 0.05) is 38.5 Å². The normalized spacial score (nSPS) is 18.0. The minimum absolute atomic E-state index is 0.168. The molecule has 2 rings (SSSR count). The van der Waals surface area contributed by atoms with Crippen LogP contribution in [-0.2, 0) is 28.6 Å². The van der Waals surface area contributed by atoms with E-state index in [-0.39, 0.29) is 28.6 Å². The summed E-state index contributed by atoms with van der Waals surface area (Å²) in [4.78, 5) is 39.3. The van der Waals surface area contributed by atoms with Crippen molar-refractivity contribution in [1.29, 1.82) is 0 Å². The lowest BCUT2D eigenvalue weighted by molar-refractivity contribution is -0.127. The number of carbonyl (C=O) groups is 3. The number of rotatable bonds is 30. The van der Waals surface area contributed by atoms with E-state index in [0.717, 1.165) is 35.1 Å². The third-order valence-electron chi connectivity index (χ3n) is 12.1. The Labute approximate surface area is 400 Å². The topological polar surface area (TPSA) is 141 Å². The van der Waals surface area contributed by atoms with E-state index in [1.807, 2.05) is 44.2 Å². The summed E-state index contributed by atoms with van der Waals surface area (Å²) in [5.74, 6) is -0.755. The van der Waals surface area contributed by atoms with E-state index in [1.54, 1.807) is 6.08 Å². The molecule has 368 valence electrons. The molecule has 0 aliphatic heterocycles. The van der Waals surface area contributed by atoms with Gasteiger partial charge in [-0.2, -0.15) is 0 Å². The molecule has 2 aliphatic rings. The lowest BCUT2D eigenvalue weighted by Gasteiger charge is -2.33. The van der Waals surface area contributed by atoms with Crippen molar-refractivity contribution in [1.82, 2.24) is 16.0 Å². The van der Waals surface area contributed by atoms with E-state index in [1.165, 1.54) is 60.5 Å². The van der Waals surface area contributed by atoms with Crippen LogP contribution in [0.2, 0.25) is 0 Å². The van der Waals surface area contributed by atoms with E-state index in [0.29, 0.717) is 85.0 Å². The number of nitrogens with two attached hydrogens (primary N) is 1. The number of hydrogen-bond acceptors (Lipinski definition) is 7. The zero-order valence-electron chi connectivity index (χ0n) is 42.7. The Morgan fingerprint density at radius 2 is 1.08 bits per heavy atom. The largest absolute Gasteiger partial charge is 0.379 e. The highest BCUT2D eigenvalue weighted by atomic mass is 16.5. The van der Waals surface area contributed by atoms with Crippen LogP contribution < -0.4 is 21.7 Å². The third-order valence-corrected chi connectivity index (χ3v) is 12.1. The van der Waals surface area contributed by atoms with Gasteiger partial charge in [0.05, 0.1) is 26.4 Å². The molecule has 0 spiro atoms. The predicted molar refractivity (Wildman–Crippen MR) is 275 cm³/mol. The number of amides is 3. The van der Waals surface area contributed by atoms with Gasteiger partial charge in [-0.25, -0.2) is 0 Å². The smallest absolute Gasteiger partial charge is 0.244 e. The third kappa shape index (κ3) is 25.0. The molecule has 10 heteroatoms. The Bertz CT molecular complexity index is 1850. The summed E-state index contributed by atoms with van der Waals surface area (Å²) in [5, 5.41) is 8.84. The molecule has 3 amide bonds. The highest BCUT2D eigenvalue weighted by Gasteiger charge is 2.27. The zero-order chi connectivity index (χ0) is 48.8. The number of ether oxygens (including phenoxy) is 3. The van der Waals surface area contributed by atoms with Crippen molar-refractivity contribution >= 4 is 17.7 Å². The lowest BCUT2D eigenvalue weighted by Crippen LogP contribution is -2.46. The molecule has 0 heterocycles. The number of nitrogens with one attached hydrogen (secondary N) is 3. The highest BCUT2D eigenvalue weighted by Crippen LogP contribution is 2.41. The molecule has 0 fully saturated rings. The van der Waals surface area contributed by atoms with E-state index in [9.17, 15) is 14.4 Å². The van der Waals surface area contributed by atoms with E-state index >= 15 is 0 Å². The summed E-state index contributed by atoms with van der Waals surface area (Å²) in [6.45, 7) is 26.2. The summed E-state index contributed by atoms with van der Waals surface area (Å²) in [7, 11) is 0. The Kier molecular flexibility index (Phi) is 28.3. The van der Waals surface area contributed by atoms with Gasteiger partial charge in [0.2, 0.25) is 17.7 Å². The number of hydrogen-bond donors (Lipinski definition) is 4. The molecule has 0 saturated carbocycles. The summed E-state index contributed by atoms with van der Waals surface area (Å²) < 4.78 is 16.6. The first-order valence-electron chi connectivity index (χ1n) is 24.6. The minimum Gasteiger partial charge on any atom is -0.379 e. The van der Waals surface area contributed by atoms with Gasteiger partial charge in [-0.1, -0.05) is 111 Å². The van der Waals surface area contributed by atoms with Gasteiger partial charge in [0.25, 0.3) is 0 Å². The van der Waals surface area contributed by atoms with Crippen LogP contribution in [0.4, 0.5) is 0 Å². The Balaban J connectivity index is 1.92. The molecule has 0 aromatic carbocycles. The van der Waals surface area contributed by atoms with Crippen LogP contribution in [0.15, 0.2) is 117 Å². The van der Waals surface area contributed by atoms with Crippen LogP contribution in [0.1, 0.15) is 140 Å². The Morgan fingerprint density at radius 3 is 1.58 bits per heavy atom. The van der Waals surface area contributed by atoms with Crippen molar-refractivity contribution in [2.24, 2.45) is 16.6 Å². The van der Waals surface area contributed by atoms with Crippen LogP contribution in [0.3, 0.4) is 0 Å². The van der Waals surface area contributed by atoms with Crippen molar-refractivity contribution in [3.05, 3.63) is 117 Å². The first kappa shape index (κ1) is 57.8. The van der Waals surface area contributed by atoms with E-state index in [4.69, 9.17) is 19.9 Å². The molecule has 66 heavy (non-hydrogen) atoms. The van der Waals surface area contributed by atoms with Crippen molar-refractivity contribution in [3.63, 3.8) is 0 Å². The van der Waals surface area contributed by atoms with Gasteiger partial charge in [-0.3, -0.25) is 14.4 Å². The fourth-order valence-electron chi connectivity index (χ4n) is 8.23.